The molecule has 0 bridgehead atoms. The molecule has 0 N–H and O–H groups in total. The van der Waals surface area contributed by atoms with Crippen LogP contribution in [0, 0.1) is 0 Å². The molecule has 2 heterocycles. The zero-order chi connectivity index (χ0) is 19.2. The van der Waals surface area contributed by atoms with Crippen LogP contribution in [0.15, 0.2) is 24.3 Å². The molecular weight excluding hydrogens is 346 g/mol. The summed E-state index contributed by atoms with van der Waals surface area (Å²) >= 11 is 0. The van der Waals surface area contributed by atoms with Crippen molar-refractivity contribution in [1.82, 2.24) is 14.7 Å². The summed E-state index contributed by atoms with van der Waals surface area (Å²) in [6, 6.07) is 7.37. The number of piperazine rings is 1. The maximum Gasteiger partial charge on any atom is 0.253 e. The van der Waals surface area contributed by atoms with E-state index < -0.39 is 0 Å². The van der Waals surface area contributed by atoms with Crippen molar-refractivity contribution in [2.24, 2.45) is 0 Å². The van der Waals surface area contributed by atoms with Gasteiger partial charge in [-0.25, -0.2) is 0 Å². The quantitative estimate of drug-likeness (QED) is 0.771. The second-order valence-corrected chi connectivity index (χ2v) is 7.10. The first-order valence-corrected chi connectivity index (χ1v) is 9.61. The zero-order valence-electron chi connectivity index (χ0n) is 16.2. The summed E-state index contributed by atoms with van der Waals surface area (Å²) < 4.78 is 10.5. The van der Waals surface area contributed by atoms with E-state index in [-0.39, 0.29) is 17.9 Å². The lowest BCUT2D eigenvalue weighted by Crippen LogP contribution is -2.52. The SMILES string of the molecule is COc1ccc(C(=O)N2CCN(C(=O)C[C@@H](C)N3CCOCC3)CC2)cc1. The van der Waals surface area contributed by atoms with E-state index in [4.69, 9.17) is 9.47 Å². The fourth-order valence-corrected chi connectivity index (χ4v) is 3.60. The van der Waals surface area contributed by atoms with Gasteiger partial charge >= 0.3 is 0 Å². The molecule has 2 aliphatic rings. The highest BCUT2D eigenvalue weighted by Gasteiger charge is 2.27. The van der Waals surface area contributed by atoms with E-state index >= 15 is 0 Å². The summed E-state index contributed by atoms with van der Waals surface area (Å²) in [5, 5.41) is 0. The predicted octanol–water partition coefficient (Wildman–Crippen LogP) is 1.09. The van der Waals surface area contributed by atoms with Crippen molar-refractivity contribution >= 4 is 11.8 Å². The van der Waals surface area contributed by atoms with Gasteiger partial charge in [-0.15, -0.1) is 0 Å². The first-order chi connectivity index (χ1) is 13.1. The standard InChI is InChI=1S/C20H29N3O4/c1-16(21-11-13-27-14-12-21)15-19(24)22-7-9-23(10-8-22)20(25)17-3-5-18(26-2)6-4-17/h3-6,16H,7-15H2,1-2H3/t16-/m1/s1. The molecule has 2 fully saturated rings. The fraction of sp³-hybridized carbons (Fsp3) is 0.600. The molecule has 148 valence electrons. The fourth-order valence-electron chi connectivity index (χ4n) is 3.60. The maximum absolute atomic E-state index is 12.6. The molecule has 7 nitrogen and oxygen atoms in total. The third kappa shape index (κ3) is 4.99. The Labute approximate surface area is 160 Å². The smallest absolute Gasteiger partial charge is 0.253 e. The molecule has 2 aliphatic heterocycles. The lowest BCUT2D eigenvalue weighted by atomic mass is 10.1. The highest BCUT2D eigenvalue weighted by atomic mass is 16.5. The molecule has 2 saturated heterocycles. The molecule has 1 aromatic carbocycles. The van der Waals surface area contributed by atoms with Gasteiger partial charge in [0.15, 0.2) is 0 Å². The second kappa shape index (κ2) is 9.19. The van der Waals surface area contributed by atoms with Gasteiger partial charge in [-0.3, -0.25) is 14.5 Å². The van der Waals surface area contributed by atoms with Gasteiger partial charge in [-0.05, 0) is 31.2 Å². The van der Waals surface area contributed by atoms with Gasteiger partial charge in [0, 0.05) is 57.3 Å². The van der Waals surface area contributed by atoms with Gasteiger partial charge in [-0.1, -0.05) is 0 Å². The van der Waals surface area contributed by atoms with Crippen molar-refractivity contribution < 1.29 is 19.1 Å². The Kier molecular flexibility index (Phi) is 6.68. The number of nitrogens with zero attached hydrogens (tertiary/aromatic N) is 3. The second-order valence-electron chi connectivity index (χ2n) is 7.10. The van der Waals surface area contributed by atoms with Gasteiger partial charge in [0.05, 0.1) is 20.3 Å². The minimum Gasteiger partial charge on any atom is -0.497 e. The minimum atomic E-state index is 0.00596. The monoisotopic (exact) mass is 375 g/mol. The number of amides is 2. The van der Waals surface area contributed by atoms with Crippen LogP contribution in [0.1, 0.15) is 23.7 Å². The van der Waals surface area contributed by atoms with Crippen LogP contribution in [0.4, 0.5) is 0 Å². The Hall–Kier alpha value is -2.12. The van der Waals surface area contributed by atoms with Crippen molar-refractivity contribution in [2.45, 2.75) is 19.4 Å². The Balaban J connectivity index is 1.47. The van der Waals surface area contributed by atoms with E-state index in [0.29, 0.717) is 38.2 Å². The minimum absolute atomic E-state index is 0.00596. The highest BCUT2D eigenvalue weighted by Crippen LogP contribution is 2.15. The highest BCUT2D eigenvalue weighted by molar-refractivity contribution is 5.94. The van der Waals surface area contributed by atoms with E-state index in [0.717, 1.165) is 32.1 Å². The van der Waals surface area contributed by atoms with E-state index in [1.807, 2.05) is 9.80 Å². The summed E-state index contributed by atoms with van der Waals surface area (Å²) in [6.07, 6.45) is 0.520. The number of rotatable bonds is 5. The predicted molar refractivity (Wildman–Crippen MR) is 102 cm³/mol. The maximum atomic E-state index is 12.6. The van der Waals surface area contributed by atoms with Gasteiger partial charge in [0.25, 0.3) is 5.91 Å². The average Bonchev–Trinajstić information content (AvgIpc) is 2.74. The number of benzene rings is 1. The topological polar surface area (TPSA) is 62.3 Å². The van der Waals surface area contributed by atoms with Crippen LogP contribution in [0.2, 0.25) is 0 Å². The van der Waals surface area contributed by atoms with Gasteiger partial charge < -0.3 is 19.3 Å². The van der Waals surface area contributed by atoms with Crippen molar-refractivity contribution in [3.8, 4) is 5.75 Å². The van der Waals surface area contributed by atoms with Crippen LogP contribution in [-0.2, 0) is 9.53 Å². The van der Waals surface area contributed by atoms with E-state index in [2.05, 4.69) is 11.8 Å². The van der Waals surface area contributed by atoms with E-state index in [9.17, 15) is 9.59 Å². The van der Waals surface area contributed by atoms with Crippen LogP contribution in [-0.4, -0.2) is 92.1 Å². The van der Waals surface area contributed by atoms with Gasteiger partial charge in [0.2, 0.25) is 5.91 Å². The van der Waals surface area contributed by atoms with E-state index in [1.54, 1.807) is 31.4 Å². The molecule has 27 heavy (non-hydrogen) atoms. The average molecular weight is 375 g/mol. The third-order valence-electron chi connectivity index (χ3n) is 5.40. The number of morpholine rings is 1. The number of hydrogen-bond acceptors (Lipinski definition) is 5. The van der Waals surface area contributed by atoms with Crippen molar-refractivity contribution in [3.05, 3.63) is 29.8 Å². The van der Waals surface area contributed by atoms with Crippen LogP contribution < -0.4 is 4.74 Å². The molecule has 1 aromatic rings. The number of carbonyl (C=O) groups excluding carboxylic acids is 2. The molecule has 0 aromatic heterocycles. The summed E-state index contributed by atoms with van der Waals surface area (Å²) in [7, 11) is 1.60. The zero-order valence-corrected chi connectivity index (χ0v) is 16.2. The summed E-state index contributed by atoms with van der Waals surface area (Å²) in [5.74, 6) is 0.910. The number of methoxy groups -OCH3 is 1. The van der Waals surface area contributed by atoms with Crippen molar-refractivity contribution in [3.63, 3.8) is 0 Å². The van der Waals surface area contributed by atoms with Crippen LogP contribution in [0.25, 0.3) is 0 Å². The Morgan fingerprint density at radius 1 is 1.00 bits per heavy atom. The molecule has 7 heteroatoms. The molecular formula is C20H29N3O4. The Morgan fingerprint density at radius 3 is 2.19 bits per heavy atom. The van der Waals surface area contributed by atoms with Crippen molar-refractivity contribution in [2.75, 3.05) is 59.6 Å². The number of carbonyl (C=O) groups is 2. The first-order valence-electron chi connectivity index (χ1n) is 9.61. The van der Waals surface area contributed by atoms with Crippen LogP contribution in [0.3, 0.4) is 0 Å². The summed E-state index contributed by atoms with van der Waals surface area (Å²) in [4.78, 5) is 31.3. The Bertz CT molecular complexity index is 635. The van der Waals surface area contributed by atoms with Crippen LogP contribution in [0.5, 0.6) is 5.75 Å². The van der Waals surface area contributed by atoms with E-state index in [1.165, 1.54) is 0 Å². The molecule has 0 unspecified atom stereocenters. The normalized spacial score (nSPS) is 19.6. The number of ether oxygens (including phenoxy) is 2. The molecule has 2 amide bonds. The molecule has 0 aliphatic carbocycles. The lowest BCUT2D eigenvalue weighted by molar-refractivity contribution is -0.134. The molecule has 3 rings (SSSR count). The van der Waals surface area contributed by atoms with Crippen molar-refractivity contribution in [1.29, 1.82) is 0 Å². The summed E-state index contributed by atoms with van der Waals surface area (Å²) in [6.45, 7) is 7.69. The number of hydrogen-bond donors (Lipinski definition) is 0. The molecule has 0 saturated carbocycles. The summed E-state index contributed by atoms with van der Waals surface area (Å²) in [5.41, 5.74) is 0.650. The molecule has 0 spiro atoms. The molecule has 1 atom stereocenters. The van der Waals surface area contributed by atoms with Gasteiger partial charge in [0.1, 0.15) is 5.75 Å². The molecule has 0 radical (unpaired) electrons. The lowest BCUT2D eigenvalue weighted by Gasteiger charge is -2.37. The largest absolute Gasteiger partial charge is 0.497 e. The first kappa shape index (κ1) is 19.6. The third-order valence-corrected chi connectivity index (χ3v) is 5.40. The van der Waals surface area contributed by atoms with Crippen LogP contribution >= 0.6 is 0 Å². The van der Waals surface area contributed by atoms with Gasteiger partial charge in [-0.2, -0.15) is 0 Å². The Morgan fingerprint density at radius 2 is 1.59 bits per heavy atom.